The molecule has 1 saturated heterocycles. The Kier molecular flexibility index (Phi) is 3.73. The molecule has 4 aliphatic carbocycles. The Morgan fingerprint density at radius 1 is 1.05 bits per heavy atom. The highest BCUT2D eigenvalue weighted by molar-refractivity contribution is 5.79. The summed E-state index contributed by atoms with van der Waals surface area (Å²) in [7, 11) is 0. The van der Waals surface area contributed by atoms with Crippen LogP contribution in [-0.2, 0) is 9.53 Å². The van der Waals surface area contributed by atoms with E-state index in [-0.39, 0.29) is 23.7 Å². The van der Waals surface area contributed by atoms with E-state index < -0.39 is 0 Å². The lowest BCUT2D eigenvalue weighted by Gasteiger charge is -2.57. The number of carbonyl (C=O) groups excluding carboxylic acids is 1. The van der Waals surface area contributed by atoms with Gasteiger partial charge in [0.15, 0.2) is 0 Å². The Hall–Kier alpha value is -0.610. The number of rotatable bonds is 3. The average molecular weight is 306 g/mol. The predicted octanol–water partition coefficient (Wildman–Crippen LogP) is 2.18. The lowest BCUT2D eigenvalue weighted by molar-refractivity contribution is -0.131. The molecule has 0 radical (unpaired) electrons. The first-order valence-corrected chi connectivity index (χ1v) is 9.18. The molecule has 4 nitrogen and oxygen atoms in total. The normalized spacial score (nSPS) is 47.6. The molecule has 0 aromatic carbocycles. The van der Waals surface area contributed by atoms with Crippen LogP contribution in [0.4, 0.5) is 0 Å². The lowest BCUT2D eigenvalue weighted by atomic mass is 9.53. The minimum absolute atomic E-state index is 0.148. The molecule has 4 heteroatoms. The minimum atomic E-state index is 0.148. The Morgan fingerprint density at radius 3 is 2.05 bits per heavy atom. The van der Waals surface area contributed by atoms with E-state index in [4.69, 9.17) is 4.74 Å². The van der Waals surface area contributed by atoms with Gasteiger partial charge in [-0.2, -0.15) is 0 Å². The number of hydrogen-bond acceptors (Lipinski definition) is 3. The number of morpholine rings is 1. The molecular weight excluding hydrogens is 276 g/mol. The van der Waals surface area contributed by atoms with Crippen LogP contribution in [0.1, 0.15) is 52.4 Å². The second kappa shape index (κ2) is 5.48. The molecule has 4 bridgehead atoms. The smallest absolute Gasteiger partial charge is 0.234 e. The van der Waals surface area contributed by atoms with E-state index in [1.807, 2.05) is 0 Å². The molecule has 4 saturated carbocycles. The van der Waals surface area contributed by atoms with Crippen molar-refractivity contribution in [1.29, 1.82) is 0 Å². The van der Waals surface area contributed by atoms with Crippen LogP contribution in [0.25, 0.3) is 0 Å². The molecule has 1 heterocycles. The highest BCUT2D eigenvalue weighted by Crippen LogP contribution is 2.55. The quantitative estimate of drug-likeness (QED) is 0.869. The summed E-state index contributed by atoms with van der Waals surface area (Å²) in [4.78, 5) is 14.9. The summed E-state index contributed by atoms with van der Waals surface area (Å²) < 4.78 is 5.76. The van der Waals surface area contributed by atoms with Gasteiger partial charge in [-0.25, -0.2) is 0 Å². The Bertz CT molecular complexity index is 405. The van der Waals surface area contributed by atoms with Crippen molar-refractivity contribution in [3.8, 4) is 0 Å². The first-order chi connectivity index (χ1) is 10.5. The molecule has 1 amide bonds. The molecule has 1 aliphatic heterocycles. The fourth-order valence-electron chi connectivity index (χ4n) is 6.22. The number of hydrogen-bond donors (Lipinski definition) is 1. The third-order valence-corrected chi connectivity index (χ3v) is 6.31. The van der Waals surface area contributed by atoms with Gasteiger partial charge in [0.2, 0.25) is 5.91 Å². The fourth-order valence-corrected chi connectivity index (χ4v) is 6.22. The van der Waals surface area contributed by atoms with Crippen LogP contribution < -0.4 is 5.32 Å². The van der Waals surface area contributed by atoms with Crippen molar-refractivity contribution in [3.05, 3.63) is 0 Å². The van der Waals surface area contributed by atoms with Gasteiger partial charge in [-0.3, -0.25) is 9.69 Å². The molecule has 5 rings (SSSR count). The van der Waals surface area contributed by atoms with Gasteiger partial charge in [-0.1, -0.05) is 0 Å². The first kappa shape index (κ1) is 14.9. The molecule has 124 valence electrons. The van der Waals surface area contributed by atoms with E-state index in [2.05, 4.69) is 24.1 Å². The predicted molar refractivity (Wildman–Crippen MR) is 85.5 cm³/mol. The monoisotopic (exact) mass is 306 g/mol. The molecule has 22 heavy (non-hydrogen) atoms. The maximum Gasteiger partial charge on any atom is 0.234 e. The van der Waals surface area contributed by atoms with Gasteiger partial charge in [0, 0.05) is 18.6 Å². The summed E-state index contributed by atoms with van der Waals surface area (Å²) in [5, 5.41) is 3.48. The van der Waals surface area contributed by atoms with Crippen molar-refractivity contribution in [1.82, 2.24) is 10.2 Å². The van der Waals surface area contributed by atoms with E-state index in [0.29, 0.717) is 6.54 Å². The molecule has 5 aliphatic rings. The van der Waals surface area contributed by atoms with Crippen LogP contribution in [-0.4, -0.2) is 48.2 Å². The standard InChI is InChI=1S/C18H30N2O2/c1-12-9-20(10-13(2)22-12)11-17(21)19-18-6-14-3-15(7-18)5-16(4-14)8-18/h12-16H,3-11H2,1-2H3,(H,19,21)/t12-,13-,14?,15?,16?,18?/m1/s1. The van der Waals surface area contributed by atoms with Crippen LogP contribution in [0.3, 0.4) is 0 Å². The summed E-state index contributed by atoms with van der Waals surface area (Å²) in [5.41, 5.74) is 0.148. The maximum atomic E-state index is 12.6. The molecule has 0 unspecified atom stereocenters. The van der Waals surface area contributed by atoms with Crippen molar-refractivity contribution in [2.75, 3.05) is 19.6 Å². The second-order valence-corrected chi connectivity index (χ2v) is 8.70. The van der Waals surface area contributed by atoms with Crippen molar-refractivity contribution in [2.24, 2.45) is 17.8 Å². The zero-order valence-electron chi connectivity index (χ0n) is 14.0. The van der Waals surface area contributed by atoms with E-state index >= 15 is 0 Å². The number of nitrogens with one attached hydrogen (secondary N) is 1. The fraction of sp³-hybridized carbons (Fsp3) is 0.944. The van der Waals surface area contributed by atoms with Crippen molar-refractivity contribution < 1.29 is 9.53 Å². The number of nitrogens with zero attached hydrogens (tertiary/aromatic N) is 1. The lowest BCUT2D eigenvalue weighted by Crippen LogP contribution is -2.61. The Labute approximate surface area is 134 Å². The summed E-state index contributed by atoms with van der Waals surface area (Å²) in [6, 6.07) is 0. The zero-order valence-corrected chi connectivity index (χ0v) is 14.0. The van der Waals surface area contributed by atoms with E-state index in [0.717, 1.165) is 30.8 Å². The largest absolute Gasteiger partial charge is 0.373 e. The molecule has 5 fully saturated rings. The summed E-state index contributed by atoms with van der Waals surface area (Å²) in [6.07, 6.45) is 8.45. The van der Waals surface area contributed by atoms with E-state index in [1.165, 1.54) is 38.5 Å². The SMILES string of the molecule is C[C@@H]1CN(CC(=O)NC23CC4CC(CC(C4)C2)C3)C[C@@H](C)O1. The molecule has 0 spiro atoms. The van der Waals surface area contributed by atoms with Crippen molar-refractivity contribution in [2.45, 2.75) is 70.1 Å². The minimum Gasteiger partial charge on any atom is -0.373 e. The molecule has 0 aromatic rings. The summed E-state index contributed by atoms with van der Waals surface area (Å²) in [5.74, 6) is 2.89. The van der Waals surface area contributed by atoms with Crippen LogP contribution in [0.5, 0.6) is 0 Å². The number of amides is 1. The van der Waals surface area contributed by atoms with Crippen molar-refractivity contribution in [3.63, 3.8) is 0 Å². The van der Waals surface area contributed by atoms with Gasteiger partial charge in [0.1, 0.15) is 0 Å². The second-order valence-electron chi connectivity index (χ2n) is 8.70. The van der Waals surface area contributed by atoms with Gasteiger partial charge >= 0.3 is 0 Å². The third kappa shape index (κ3) is 2.92. The molecule has 2 atom stereocenters. The topological polar surface area (TPSA) is 41.6 Å². The Morgan fingerprint density at radius 2 is 1.55 bits per heavy atom. The van der Waals surface area contributed by atoms with Crippen LogP contribution >= 0.6 is 0 Å². The van der Waals surface area contributed by atoms with Gasteiger partial charge < -0.3 is 10.1 Å². The van der Waals surface area contributed by atoms with Gasteiger partial charge in [0.25, 0.3) is 0 Å². The highest BCUT2D eigenvalue weighted by Gasteiger charge is 2.51. The van der Waals surface area contributed by atoms with Crippen LogP contribution in [0, 0.1) is 17.8 Å². The van der Waals surface area contributed by atoms with Crippen LogP contribution in [0.2, 0.25) is 0 Å². The Balaban J connectivity index is 1.36. The number of carbonyl (C=O) groups is 1. The van der Waals surface area contributed by atoms with Crippen LogP contribution in [0.15, 0.2) is 0 Å². The highest BCUT2D eigenvalue weighted by atomic mass is 16.5. The van der Waals surface area contributed by atoms with Crippen molar-refractivity contribution >= 4 is 5.91 Å². The molecule has 0 aromatic heterocycles. The average Bonchev–Trinajstić information content (AvgIpc) is 2.33. The van der Waals surface area contributed by atoms with E-state index in [1.54, 1.807) is 0 Å². The molecular formula is C18H30N2O2. The number of ether oxygens (including phenoxy) is 1. The van der Waals surface area contributed by atoms with E-state index in [9.17, 15) is 4.79 Å². The molecule has 1 N–H and O–H groups in total. The van der Waals surface area contributed by atoms with Gasteiger partial charge in [-0.15, -0.1) is 0 Å². The first-order valence-electron chi connectivity index (χ1n) is 9.18. The summed E-state index contributed by atoms with van der Waals surface area (Å²) >= 11 is 0. The maximum absolute atomic E-state index is 12.6. The van der Waals surface area contributed by atoms with Gasteiger partial charge in [-0.05, 0) is 70.1 Å². The van der Waals surface area contributed by atoms with Gasteiger partial charge in [0.05, 0.1) is 18.8 Å². The zero-order chi connectivity index (χ0) is 15.3. The summed E-state index contributed by atoms with van der Waals surface area (Å²) in [6.45, 7) is 6.48. The third-order valence-electron chi connectivity index (χ3n) is 6.31.